The number of rotatable bonds is 18. The van der Waals surface area contributed by atoms with Crippen LogP contribution < -0.4 is 4.74 Å². The van der Waals surface area contributed by atoms with E-state index in [0.29, 0.717) is 6.61 Å². The van der Waals surface area contributed by atoms with Crippen molar-refractivity contribution in [2.24, 2.45) is 0 Å². The van der Waals surface area contributed by atoms with Gasteiger partial charge in [-0.2, -0.15) is 0 Å². The number of benzene rings is 1. The van der Waals surface area contributed by atoms with Crippen molar-refractivity contribution in [3.63, 3.8) is 0 Å². The first-order valence-corrected chi connectivity index (χ1v) is 13.0. The maximum Gasteiger partial charge on any atom is 0.159 e. The molecule has 5 nitrogen and oxygen atoms in total. The fourth-order valence-corrected chi connectivity index (χ4v) is 4.17. The van der Waals surface area contributed by atoms with E-state index in [1.54, 1.807) is 0 Å². The number of Topliss-reactive ketones (excluding diaryl/α,β-unsaturated/α-hetero) is 1. The summed E-state index contributed by atoms with van der Waals surface area (Å²) in [6, 6.07) is 3.98. The van der Waals surface area contributed by atoms with Crippen LogP contribution in [0.5, 0.6) is 5.75 Å². The smallest absolute Gasteiger partial charge is 0.159 e. The zero-order valence-electron chi connectivity index (χ0n) is 18.8. The van der Waals surface area contributed by atoms with Gasteiger partial charge in [0.05, 0.1) is 11.5 Å². The quantitative estimate of drug-likeness (QED) is 0.145. The van der Waals surface area contributed by atoms with Gasteiger partial charge in [-0.3, -0.25) is 4.79 Å². The molecule has 0 aliphatic heterocycles. The van der Waals surface area contributed by atoms with Crippen LogP contribution in [0.4, 0.5) is 0 Å². The van der Waals surface area contributed by atoms with E-state index in [9.17, 15) is 17.8 Å². The molecule has 30 heavy (non-hydrogen) atoms. The summed E-state index contributed by atoms with van der Waals surface area (Å²) in [7, 11) is -4.69. The van der Waals surface area contributed by atoms with Crippen LogP contribution in [0.15, 0.2) is 23.1 Å². The first-order valence-electron chi connectivity index (χ1n) is 11.6. The van der Waals surface area contributed by atoms with E-state index >= 15 is 0 Å². The van der Waals surface area contributed by atoms with Gasteiger partial charge < -0.3 is 9.29 Å². The molecule has 0 radical (unpaired) electrons. The molecule has 0 aromatic heterocycles. The van der Waals surface area contributed by atoms with Gasteiger partial charge in [-0.05, 0) is 31.5 Å². The molecule has 0 unspecified atom stereocenters. The molecule has 1 aromatic carbocycles. The van der Waals surface area contributed by atoms with Crippen LogP contribution in [0.3, 0.4) is 0 Å². The Hall–Kier alpha value is -1.40. The Morgan fingerprint density at radius 2 is 1.30 bits per heavy atom. The highest BCUT2D eigenvalue weighted by Crippen LogP contribution is 2.25. The zero-order valence-corrected chi connectivity index (χ0v) is 19.6. The summed E-state index contributed by atoms with van der Waals surface area (Å²) in [4.78, 5) is 10.9. The molecule has 0 fully saturated rings. The molecule has 0 saturated carbocycles. The van der Waals surface area contributed by atoms with Crippen molar-refractivity contribution in [2.75, 3.05) is 6.61 Å². The van der Waals surface area contributed by atoms with Crippen LogP contribution >= 0.6 is 0 Å². The molecular weight excluding hydrogens is 400 g/mol. The molecule has 0 saturated heterocycles. The molecule has 0 heterocycles. The minimum atomic E-state index is -4.69. The van der Waals surface area contributed by atoms with Crippen LogP contribution in [0.2, 0.25) is 0 Å². The minimum Gasteiger partial charge on any atom is -0.744 e. The zero-order chi connectivity index (χ0) is 22.2. The highest BCUT2D eigenvalue weighted by molar-refractivity contribution is 7.85. The SMILES string of the molecule is CCCCCCCCCCCCCCCCOc1ccc(C(C)=O)cc1S(=O)(=O)[O-]. The number of unbranched alkanes of at least 4 members (excludes halogenated alkanes) is 13. The first-order chi connectivity index (χ1) is 14.4. The van der Waals surface area contributed by atoms with Crippen molar-refractivity contribution >= 4 is 15.9 Å². The summed E-state index contributed by atoms with van der Waals surface area (Å²) in [5.41, 5.74) is 0.188. The molecule has 1 rings (SSSR count). The van der Waals surface area contributed by atoms with Gasteiger partial charge in [0.1, 0.15) is 15.9 Å². The molecule has 0 aliphatic carbocycles. The second-order valence-corrected chi connectivity index (χ2v) is 9.46. The molecule has 0 aliphatic rings. The lowest BCUT2D eigenvalue weighted by molar-refractivity contribution is 0.101. The van der Waals surface area contributed by atoms with E-state index in [4.69, 9.17) is 4.74 Å². The predicted molar refractivity (Wildman–Crippen MR) is 120 cm³/mol. The lowest BCUT2D eigenvalue weighted by atomic mass is 10.0. The van der Waals surface area contributed by atoms with Crippen molar-refractivity contribution in [2.45, 2.75) is 109 Å². The van der Waals surface area contributed by atoms with Gasteiger partial charge in [0.15, 0.2) is 5.78 Å². The Morgan fingerprint density at radius 1 is 0.833 bits per heavy atom. The van der Waals surface area contributed by atoms with E-state index in [-0.39, 0.29) is 17.1 Å². The van der Waals surface area contributed by atoms with Crippen LogP contribution in [-0.2, 0) is 10.1 Å². The molecule has 0 N–H and O–H groups in total. The van der Waals surface area contributed by atoms with E-state index < -0.39 is 15.0 Å². The van der Waals surface area contributed by atoms with E-state index in [1.807, 2.05) is 0 Å². The maximum atomic E-state index is 11.4. The average Bonchev–Trinajstić information content (AvgIpc) is 2.70. The molecule has 0 atom stereocenters. The number of hydrogen-bond acceptors (Lipinski definition) is 5. The second kappa shape index (κ2) is 15.4. The summed E-state index contributed by atoms with van der Waals surface area (Å²) >= 11 is 0. The predicted octanol–water partition coefficient (Wildman–Crippen LogP) is 6.65. The largest absolute Gasteiger partial charge is 0.744 e. The van der Waals surface area contributed by atoms with Crippen LogP contribution in [0.1, 0.15) is 114 Å². The number of carbonyl (C=O) groups excluding carboxylic acids is 1. The monoisotopic (exact) mass is 439 g/mol. The Morgan fingerprint density at radius 3 is 1.73 bits per heavy atom. The molecular formula is C24H39O5S-. The number of hydrogen-bond donors (Lipinski definition) is 0. The molecule has 172 valence electrons. The van der Waals surface area contributed by atoms with Gasteiger partial charge in [-0.25, -0.2) is 8.42 Å². The first kappa shape index (κ1) is 26.6. The average molecular weight is 440 g/mol. The Balaban J connectivity index is 2.11. The van der Waals surface area contributed by atoms with Crippen LogP contribution in [0.25, 0.3) is 0 Å². The van der Waals surface area contributed by atoms with Gasteiger partial charge in [0.2, 0.25) is 0 Å². The highest BCUT2D eigenvalue weighted by Gasteiger charge is 2.13. The lowest BCUT2D eigenvalue weighted by Gasteiger charge is -2.15. The Labute approximate surface area is 183 Å². The van der Waals surface area contributed by atoms with E-state index in [2.05, 4.69) is 6.92 Å². The molecule has 0 spiro atoms. The van der Waals surface area contributed by atoms with Gasteiger partial charge in [-0.1, -0.05) is 90.4 Å². The highest BCUT2D eigenvalue weighted by atomic mass is 32.2. The third-order valence-corrected chi connectivity index (χ3v) is 6.23. The van der Waals surface area contributed by atoms with Crippen molar-refractivity contribution in [3.05, 3.63) is 23.8 Å². The summed E-state index contributed by atoms with van der Waals surface area (Å²) in [5, 5.41) is 0. The van der Waals surface area contributed by atoms with Gasteiger partial charge in [0, 0.05) is 5.56 Å². The lowest BCUT2D eigenvalue weighted by Crippen LogP contribution is -2.07. The normalized spacial score (nSPS) is 11.6. The third-order valence-electron chi connectivity index (χ3n) is 5.38. The van der Waals surface area contributed by atoms with Gasteiger partial charge in [0.25, 0.3) is 0 Å². The van der Waals surface area contributed by atoms with Gasteiger partial charge in [-0.15, -0.1) is 0 Å². The molecule has 0 bridgehead atoms. The molecule has 1 aromatic rings. The molecule has 6 heteroatoms. The fraction of sp³-hybridized carbons (Fsp3) is 0.708. The van der Waals surface area contributed by atoms with Crippen LogP contribution in [0, 0.1) is 0 Å². The number of ketones is 1. The standard InChI is InChI=1S/C24H40O5S/c1-3-4-5-6-7-8-9-10-11-12-13-14-15-16-19-29-23-18-17-22(21(2)25)20-24(23)30(26,27)28/h17-18,20H,3-16,19H2,1-2H3,(H,26,27,28)/p-1. The summed E-state index contributed by atoms with van der Waals surface area (Å²) < 4.78 is 39.8. The summed E-state index contributed by atoms with van der Waals surface area (Å²) in [6.45, 7) is 3.94. The third kappa shape index (κ3) is 11.7. The summed E-state index contributed by atoms with van der Waals surface area (Å²) in [6.07, 6.45) is 17.6. The van der Waals surface area contributed by atoms with Crippen molar-refractivity contribution < 1.29 is 22.5 Å². The van der Waals surface area contributed by atoms with Crippen molar-refractivity contribution in [1.29, 1.82) is 0 Å². The van der Waals surface area contributed by atoms with Crippen LogP contribution in [-0.4, -0.2) is 25.4 Å². The summed E-state index contributed by atoms with van der Waals surface area (Å²) in [5.74, 6) is -0.261. The van der Waals surface area contributed by atoms with E-state index in [0.717, 1.165) is 25.3 Å². The number of ether oxygens (including phenoxy) is 1. The van der Waals surface area contributed by atoms with E-state index in [1.165, 1.54) is 89.7 Å². The molecule has 0 amide bonds. The maximum absolute atomic E-state index is 11.4. The van der Waals surface area contributed by atoms with Crippen molar-refractivity contribution in [3.8, 4) is 5.75 Å². The van der Waals surface area contributed by atoms with Gasteiger partial charge >= 0.3 is 0 Å². The number of carbonyl (C=O) groups is 1. The Bertz CT molecular complexity index is 712. The minimum absolute atomic E-state index is 0.0321. The van der Waals surface area contributed by atoms with Crippen molar-refractivity contribution in [1.82, 2.24) is 0 Å². The second-order valence-electron chi connectivity index (χ2n) is 8.12. The fourth-order valence-electron chi connectivity index (χ4n) is 3.52. The topological polar surface area (TPSA) is 83.5 Å². The Kier molecular flexibility index (Phi) is 13.7.